The quantitative estimate of drug-likeness (QED) is 0.641. The number of hydrogen-bond donors (Lipinski definition) is 1. The number of halogens is 1. The summed E-state index contributed by atoms with van der Waals surface area (Å²) in [6.45, 7) is 4.52. The monoisotopic (exact) mass is 241 g/mol. The van der Waals surface area contributed by atoms with Gasteiger partial charge in [-0.05, 0) is 26.7 Å². The summed E-state index contributed by atoms with van der Waals surface area (Å²) in [5.74, 6) is 0. The molecule has 2 atom stereocenters. The number of nitrogens with one attached hydrogen (secondary N) is 1. The zero-order chi connectivity index (χ0) is 5.98. The molecule has 2 heteroatoms. The average Bonchev–Trinajstić information content (AvgIpc) is 1.64. The second-order valence-corrected chi connectivity index (χ2v) is 2.90. The van der Waals surface area contributed by atoms with Crippen molar-refractivity contribution in [2.45, 2.75) is 45.2 Å². The molecule has 1 nitrogen and oxygen atoms in total. The van der Waals surface area contributed by atoms with Crippen LogP contribution in [0.3, 0.4) is 0 Å². The molecule has 0 amide bonds. The van der Waals surface area contributed by atoms with Gasteiger partial charge >= 0.3 is 0 Å². The number of piperidine rings is 1. The molecule has 1 rings (SSSR count). The summed E-state index contributed by atoms with van der Waals surface area (Å²) in [6.07, 6.45) is 4.14. The molecule has 0 spiro atoms. The predicted octanol–water partition coefficient (Wildman–Crippen LogP) is 2.15. The molecule has 1 aliphatic rings. The fraction of sp³-hybridized carbons (Fsp3) is 1.00. The Morgan fingerprint density at radius 2 is 1.56 bits per heavy atom. The van der Waals surface area contributed by atoms with Crippen molar-refractivity contribution in [1.82, 2.24) is 5.32 Å². The Morgan fingerprint density at radius 1 is 1.11 bits per heavy atom. The van der Waals surface area contributed by atoms with E-state index in [4.69, 9.17) is 0 Å². The summed E-state index contributed by atoms with van der Waals surface area (Å²) in [5.41, 5.74) is 0. The fourth-order valence-corrected chi connectivity index (χ4v) is 1.38. The van der Waals surface area contributed by atoms with Crippen LogP contribution in [0.2, 0.25) is 0 Å². The molecule has 1 saturated heterocycles. The van der Waals surface area contributed by atoms with E-state index in [-0.39, 0.29) is 24.0 Å². The van der Waals surface area contributed by atoms with E-state index in [9.17, 15) is 0 Å². The van der Waals surface area contributed by atoms with Gasteiger partial charge in [0.15, 0.2) is 0 Å². The smallest absolute Gasteiger partial charge is 0.00412 e. The highest BCUT2D eigenvalue weighted by molar-refractivity contribution is 14.0. The van der Waals surface area contributed by atoms with Crippen LogP contribution in [-0.4, -0.2) is 12.1 Å². The maximum atomic E-state index is 3.48. The highest BCUT2D eigenvalue weighted by Crippen LogP contribution is 2.10. The van der Waals surface area contributed by atoms with Gasteiger partial charge in [0.25, 0.3) is 0 Å². The lowest BCUT2D eigenvalue weighted by Gasteiger charge is -2.25. The normalized spacial score (nSPS) is 35.3. The molecule has 0 saturated carbocycles. The largest absolute Gasteiger partial charge is 0.312 e. The molecule has 0 aromatic heterocycles. The highest BCUT2D eigenvalue weighted by Gasteiger charge is 2.11. The molecular weight excluding hydrogens is 225 g/mol. The second-order valence-electron chi connectivity index (χ2n) is 2.90. The molecule has 1 N–H and O–H groups in total. The maximum absolute atomic E-state index is 3.48. The minimum atomic E-state index is 0. The third-order valence-corrected chi connectivity index (χ3v) is 1.84. The van der Waals surface area contributed by atoms with Gasteiger partial charge in [-0.1, -0.05) is 6.42 Å². The van der Waals surface area contributed by atoms with Crippen LogP contribution in [-0.2, 0) is 0 Å². The van der Waals surface area contributed by atoms with Gasteiger partial charge in [-0.2, -0.15) is 0 Å². The van der Waals surface area contributed by atoms with Crippen molar-refractivity contribution >= 4 is 24.0 Å². The Bertz CT molecular complexity index is 67.3. The molecule has 1 heterocycles. The van der Waals surface area contributed by atoms with Crippen molar-refractivity contribution in [1.29, 1.82) is 0 Å². The van der Waals surface area contributed by atoms with Gasteiger partial charge < -0.3 is 5.32 Å². The summed E-state index contributed by atoms with van der Waals surface area (Å²) in [4.78, 5) is 0. The number of rotatable bonds is 0. The Kier molecular flexibility index (Phi) is 4.84. The minimum Gasteiger partial charge on any atom is -0.312 e. The number of hydrogen-bond acceptors (Lipinski definition) is 1. The van der Waals surface area contributed by atoms with Crippen LogP contribution in [0.1, 0.15) is 33.1 Å². The van der Waals surface area contributed by atoms with Crippen LogP contribution < -0.4 is 5.32 Å². The van der Waals surface area contributed by atoms with E-state index in [0.29, 0.717) is 0 Å². The van der Waals surface area contributed by atoms with E-state index < -0.39 is 0 Å². The van der Waals surface area contributed by atoms with Gasteiger partial charge in [0.2, 0.25) is 0 Å². The standard InChI is InChI=1S/C7H15N.HI/c1-6-4-3-5-7(2)8-6;/h6-8H,3-5H2,1-2H3;1H. The Labute approximate surface area is 74.6 Å². The molecule has 1 fully saturated rings. The second kappa shape index (κ2) is 4.50. The van der Waals surface area contributed by atoms with Crippen LogP contribution in [0.5, 0.6) is 0 Å². The van der Waals surface area contributed by atoms with E-state index >= 15 is 0 Å². The van der Waals surface area contributed by atoms with E-state index in [0.717, 1.165) is 12.1 Å². The van der Waals surface area contributed by atoms with Crippen LogP contribution >= 0.6 is 24.0 Å². The first-order valence-corrected chi connectivity index (χ1v) is 3.55. The lowest BCUT2D eigenvalue weighted by molar-refractivity contribution is 0.352. The first kappa shape index (κ1) is 9.69. The topological polar surface area (TPSA) is 12.0 Å². The SMILES string of the molecule is CC1CCCC(C)N1.I. The van der Waals surface area contributed by atoms with Gasteiger partial charge in [-0.15, -0.1) is 24.0 Å². The zero-order valence-electron chi connectivity index (χ0n) is 6.18. The van der Waals surface area contributed by atoms with Crippen molar-refractivity contribution in [3.05, 3.63) is 0 Å². The molecule has 56 valence electrons. The summed E-state index contributed by atoms with van der Waals surface area (Å²) in [6, 6.07) is 1.53. The maximum Gasteiger partial charge on any atom is 0.00412 e. The Hall–Kier alpha value is 0.690. The van der Waals surface area contributed by atoms with Gasteiger partial charge in [0.05, 0.1) is 0 Å². The predicted molar refractivity (Wildman–Crippen MR) is 51.3 cm³/mol. The van der Waals surface area contributed by atoms with E-state index in [1.165, 1.54) is 19.3 Å². The van der Waals surface area contributed by atoms with E-state index in [1.54, 1.807) is 0 Å². The van der Waals surface area contributed by atoms with E-state index in [2.05, 4.69) is 19.2 Å². The molecule has 0 aromatic carbocycles. The molecule has 1 aliphatic heterocycles. The van der Waals surface area contributed by atoms with Crippen LogP contribution in [0.4, 0.5) is 0 Å². The third kappa shape index (κ3) is 3.40. The lowest BCUT2D eigenvalue weighted by Crippen LogP contribution is -2.38. The van der Waals surface area contributed by atoms with Gasteiger partial charge in [0.1, 0.15) is 0 Å². The molecule has 0 bridgehead atoms. The minimum absolute atomic E-state index is 0. The lowest BCUT2D eigenvalue weighted by atomic mass is 10.0. The van der Waals surface area contributed by atoms with Crippen molar-refractivity contribution in [3.63, 3.8) is 0 Å². The molecule has 9 heavy (non-hydrogen) atoms. The zero-order valence-corrected chi connectivity index (χ0v) is 8.51. The molecule has 0 aromatic rings. The van der Waals surface area contributed by atoms with Gasteiger partial charge in [0, 0.05) is 12.1 Å². The van der Waals surface area contributed by atoms with Crippen LogP contribution in [0.15, 0.2) is 0 Å². The summed E-state index contributed by atoms with van der Waals surface area (Å²) in [7, 11) is 0. The molecule has 2 unspecified atom stereocenters. The first-order valence-electron chi connectivity index (χ1n) is 3.55. The summed E-state index contributed by atoms with van der Waals surface area (Å²) < 4.78 is 0. The Morgan fingerprint density at radius 3 is 1.78 bits per heavy atom. The van der Waals surface area contributed by atoms with Crippen LogP contribution in [0.25, 0.3) is 0 Å². The van der Waals surface area contributed by atoms with Crippen molar-refractivity contribution in [2.24, 2.45) is 0 Å². The Balaban J connectivity index is 0.000000640. The first-order chi connectivity index (χ1) is 3.79. The van der Waals surface area contributed by atoms with Gasteiger partial charge in [-0.25, -0.2) is 0 Å². The van der Waals surface area contributed by atoms with Crippen molar-refractivity contribution in [3.8, 4) is 0 Å². The molecular formula is C7H16IN. The average molecular weight is 241 g/mol. The van der Waals surface area contributed by atoms with Crippen LogP contribution in [0, 0.1) is 0 Å². The summed E-state index contributed by atoms with van der Waals surface area (Å²) in [5, 5.41) is 3.48. The van der Waals surface area contributed by atoms with Gasteiger partial charge in [-0.3, -0.25) is 0 Å². The summed E-state index contributed by atoms with van der Waals surface area (Å²) >= 11 is 0. The van der Waals surface area contributed by atoms with E-state index in [1.807, 2.05) is 0 Å². The van der Waals surface area contributed by atoms with Crippen molar-refractivity contribution < 1.29 is 0 Å². The highest BCUT2D eigenvalue weighted by atomic mass is 127. The molecule has 0 aliphatic carbocycles. The fourth-order valence-electron chi connectivity index (χ4n) is 1.38. The third-order valence-electron chi connectivity index (χ3n) is 1.84. The molecule has 0 radical (unpaired) electrons. The van der Waals surface area contributed by atoms with Crippen molar-refractivity contribution in [2.75, 3.05) is 0 Å².